The van der Waals surface area contributed by atoms with E-state index in [1.54, 1.807) is 18.2 Å². The van der Waals surface area contributed by atoms with Gasteiger partial charge < -0.3 is 4.74 Å². The maximum atomic E-state index is 13.2. The zero-order valence-corrected chi connectivity index (χ0v) is 10.2. The van der Waals surface area contributed by atoms with Crippen molar-refractivity contribution in [2.45, 2.75) is 20.5 Å². The van der Waals surface area contributed by atoms with Crippen LogP contribution in [0, 0.1) is 5.82 Å². The first-order valence-corrected chi connectivity index (χ1v) is 5.77. The summed E-state index contributed by atoms with van der Waals surface area (Å²) in [4.78, 5) is 0. The normalized spacial score (nSPS) is 9.12. The second-order valence-corrected chi connectivity index (χ2v) is 3.20. The summed E-state index contributed by atoms with van der Waals surface area (Å²) in [6.07, 6.45) is 0. The van der Waals surface area contributed by atoms with Crippen LogP contribution in [0.15, 0.2) is 54.6 Å². The van der Waals surface area contributed by atoms with E-state index in [-0.39, 0.29) is 5.82 Å². The van der Waals surface area contributed by atoms with E-state index in [2.05, 4.69) is 0 Å². The van der Waals surface area contributed by atoms with E-state index in [0.29, 0.717) is 12.4 Å². The third-order valence-electron chi connectivity index (χ3n) is 2.07. The first-order chi connectivity index (χ1) is 8.36. The van der Waals surface area contributed by atoms with Crippen molar-refractivity contribution in [3.05, 3.63) is 66.0 Å². The van der Waals surface area contributed by atoms with E-state index < -0.39 is 0 Å². The van der Waals surface area contributed by atoms with Crippen LogP contribution in [0.5, 0.6) is 5.75 Å². The molecule has 90 valence electrons. The first-order valence-electron chi connectivity index (χ1n) is 5.77. The van der Waals surface area contributed by atoms with E-state index in [1.165, 1.54) is 6.07 Å². The first kappa shape index (κ1) is 13.2. The molecule has 0 aliphatic heterocycles. The third-order valence-corrected chi connectivity index (χ3v) is 2.07. The second kappa shape index (κ2) is 7.44. The average molecular weight is 232 g/mol. The van der Waals surface area contributed by atoms with Gasteiger partial charge in [0.25, 0.3) is 0 Å². The molecule has 2 aromatic rings. The third kappa shape index (κ3) is 4.27. The number of hydrogen-bond acceptors (Lipinski definition) is 1. The Hall–Kier alpha value is -1.83. The Morgan fingerprint density at radius 3 is 2.12 bits per heavy atom. The van der Waals surface area contributed by atoms with Crippen molar-refractivity contribution in [3.63, 3.8) is 0 Å². The predicted molar refractivity (Wildman–Crippen MR) is 68.5 cm³/mol. The summed E-state index contributed by atoms with van der Waals surface area (Å²) >= 11 is 0. The molecule has 0 aromatic heterocycles. The van der Waals surface area contributed by atoms with Gasteiger partial charge >= 0.3 is 0 Å². The van der Waals surface area contributed by atoms with Gasteiger partial charge in [0, 0.05) is 0 Å². The molecule has 0 atom stereocenters. The number of ether oxygens (including phenoxy) is 1. The topological polar surface area (TPSA) is 9.23 Å². The monoisotopic (exact) mass is 232 g/mol. The fourth-order valence-electron chi connectivity index (χ4n) is 1.30. The lowest BCUT2D eigenvalue weighted by Crippen LogP contribution is -1.96. The molecule has 0 N–H and O–H groups in total. The summed E-state index contributed by atoms with van der Waals surface area (Å²) in [6, 6.07) is 16.1. The van der Waals surface area contributed by atoms with E-state index in [1.807, 2.05) is 44.2 Å². The van der Waals surface area contributed by atoms with Crippen LogP contribution in [0.4, 0.5) is 4.39 Å². The molecule has 0 fully saturated rings. The molecule has 0 heterocycles. The van der Waals surface area contributed by atoms with Gasteiger partial charge in [0.2, 0.25) is 0 Å². The van der Waals surface area contributed by atoms with Gasteiger partial charge in [-0.25, -0.2) is 4.39 Å². The lowest BCUT2D eigenvalue weighted by molar-refractivity contribution is 0.290. The highest BCUT2D eigenvalue weighted by Crippen LogP contribution is 2.16. The molecule has 0 unspecified atom stereocenters. The molecule has 0 saturated heterocycles. The zero-order chi connectivity index (χ0) is 12.5. The van der Waals surface area contributed by atoms with Gasteiger partial charge in [0.15, 0.2) is 11.6 Å². The van der Waals surface area contributed by atoms with Crippen LogP contribution >= 0.6 is 0 Å². The molecular weight excluding hydrogens is 215 g/mol. The Bertz CT molecular complexity index is 426. The van der Waals surface area contributed by atoms with Crippen LogP contribution in [0.1, 0.15) is 19.4 Å². The van der Waals surface area contributed by atoms with Gasteiger partial charge in [-0.15, -0.1) is 0 Å². The smallest absolute Gasteiger partial charge is 0.165 e. The molecule has 0 aliphatic rings. The molecule has 0 radical (unpaired) electrons. The van der Waals surface area contributed by atoms with Gasteiger partial charge in [-0.05, 0) is 17.7 Å². The van der Waals surface area contributed by atoms with E-state index in [4.69, 9.17) is 4.74 Å². The molecule has 0 bridgehead atoms. The van der Waals surface area contributed by atoms with E-state index in [9.17, 15) is 4.39 Å². The fourth-order valence-corrected chi connectivity index (χ4v) is 1.30. The Kier molecular flexibility index (Phi) is 5.80. The summed E-state index contributed by atoms with van der Waals surface area (Å²) in [6.45, 7) is 4.39. The number of halogens is 1. The lowest BCUT2D eigenvalue weighted by Gasteiger charge is -2.06. The number of para-hydroxylation sites is 1. The van der Waals surface area contributed by atoms with Crippen LogP contribution in [0.2, 0.25) is 0 Å². The number of rotatable bonds is 3. The molecule has 2 aromatic carbocycles. The Balaban J connectivity index is 0.000000686. The minimum atomic E-state index is -0.326. The highest BCUT2D eigenvalue weighted by molar-refractivity contribution is 5.24. The largest absolute Gasteiger partial charge is 0.486 e. The standard InChI is InChI=1S/C13H11FO.C2H6/c14-12-8-4-5-9-13(12)15-10-11-6-2-1-3-7-11;1-2/h1-9H,10H2;1-2H3. The van der Waals surface area contributed by atoms with Gasteiger partial charge in [0.05, 0.1) is 0 Å². The number of hydrogen-bond donors (Lipinski definition) is 0. The van der Waals surface area contributed by atoms with Crippen LogP contribution in [-0.2, 0) is 6.61 Å². The molecular formula is C15H17FO. The van der Waals surface area contributed by atoms with Gasteiger partial charge in [-0.1, -0.05) is 56.3 Å². The van der Waals surface area contributed by atoms with Crippen molar-refractivity contribution in [1.29, 1.82) is 0 Å². The van der Waals surface area contributed by atoms with Crippen LogP contribution < -0.4 is 4.74 Å². The quantitative estimate of drug-likeness (QED) is 0.760. The molecule has 0 aliphatic carbocycles. The molecule has 0 saturated carbocycles. The minimum absolute atomic E-state index is 0.293. The van der Waals surface area contributed by atoms with Crippen molar-refractivity contribution in [1.82, 2.24) is 0 Å². The highest BCUT2D eigenvalue weighted by Gasteiger charge is 2.00. The molecule has 2 rings (SSSR count). The molecule has 2 heteroatoms. The Labute approximate surface area is 102 Å². The van der Waals surface area contributed by atoms with Gasteiger partial charge in [0.1, 0.15) is 6.61 Å². The van der Waals surface area contributed by atoms with Crippen LogP contribution in [0.25, 0.3) is 0 Å². The fraction of sp³-hybridized carbons (Fsp3) is 0.200. The van der Waals surface area contributed by atoms with Gasteiger partial charge in [-0.3, -0.25) is 0 Å². The van der Waals surface area contributed by atoms with E-state index in [0.717, 1.165) is 5.56 Å². The van der Waals surface area contributed by atoms with Crippen molar-refractivity contribution in [3.8, 4) is 5.75 Å². The Morgan fingerprint density at radius 2 is 1.47 bits per heavy atom. The molecule has 0 amide bonds. The van der Waals surface area contributed by atoms with E-state index >= 15 is 0 Å². The van der Waals surface area contributed by atoms with Crippen molar-refractivity contribution in [2.75, 3.05) is 0 Å². The van der Waals surface area contributed by atoms with Crippen molar-refractivity contribution >= 4 is 0 Å². The molecule has 0 spiro atoms. The summed E-state index contributed by atoms with van der Waals surface area (Å²) in [5.41, 5.74) is 1.03. The molecule has 1 nitrogen and oxygen atoms in total. The van der Waals surface area contributed by atoms with Gasteiger partial charge in [-0.2, -0.15) is 0 Å². The molecule has 17 heavy (non-hydrogen) atoms. The van der Waals surface area contributed by atoms with Crippen LogP contribution in [0.3, 0.4) is 0 Å². The van der Waals surface area contributed by atoms with Crippen LogP contribution in [-0.4, -0.2) is 0 Å². The predicted octanol–water partition coefficient (Wildman–Crippen LogP) is 4.43. The summed E-state index contributed by atoms with van der Waals surface area (Å²) in [7, 11) is 0. The maximum Gasteiger partial charge on any atom is 0.165 e. The highest BCUT2D eigenvalue weighted by atomic mass is 19.1. The average Bonchev–Trinajstić information content (AvgIpc) is 2.41. The van der Waals surface area contributed by atoms with Crippen molar-refractivity contribution < 1.29 is 9.13 Å². The van der Waals surface area contributed by atoms with Crippen molar-refractivity contribution in [2.24, 2.45) is 0 Å². The summed E-state index contributed by atoms with van der Waals surface area (Å²) in [5, 5.41) is 0. The SMILES string of the molecule is CC.Fc1ccccc1OCc1ccccc1. The maximum absolute atomic E-state index is 13.2. The number of benzene rings is 2. The second-order valence-electron chi connectivity index (χ2n) is 3.20. The Morgan fingerprint density at radius 1 is 0.882 bits per heavy atom. The summed E-state index contributed by atoms with van der Waals surface area (Å²) in [5.74, 6) is -0.0326. The zero-order valence-electron chi connectivity index (χ0n) is 10.2. The minimum Gasteiger partial charge on any atom is -0.486 e. The lowest BCUT2D eigenvalue weighted by atomic mass is 10.2. The summed E-state index contributed by atoms with van der Waals surface area (Å²) < 4.78 is 18.5.